The Kier molecular flexibility index (Phi) is 10.1. The highest BCUT2D eigenvalue weighted by Gasteiger charge is 2.16. The second-order valence-corrected chi connectivity index (χ2v) is 8.72. The van der Waals surface area contributed by atoms with Crippen molar-refractivity contribution in [2.24, 2.45) is 10.7 Å². The van der Waals surface area contributed by atoms with Crippen molar-refractivity contribution in [1.82, 2.24) is 9.88 Å². The van der Waals surface area contributed by atoms with Crippen molar-refractivity contribution in [3.8, 4) is 11.5 Å². The van der Waals surface area contributed by atoms with Crippen molar-refractivity contribution in [1.29, 1.82) is 0 Å². The summed E-state index contributed by atoms with van der Waals surface area (Å²) in [6, 6.07) is 15.2. The van der Waals surface area contributed by atoms with Crippen LogP contribution in [0, 0.1) is 0 Å². The van der Waals surface area contributed by atoms with Gasteiger partial charge in [-0.15, -0.1) is 11.3 Å². The average molecular weight is 497 g/mol. The highest BCUT2D eigenvalue weighted by Crippen LogP contribution is 2.25. The molecule has 2 aromatic carbocycles. The third-order valence-electron chi connectivity index (χ3n) is 5.47. The van der Waals surface area contributed by atoms with Gasteiger partial charge in [0.25, 0.3) is 11.8 Å². The van der Waals surface area contributed by atoms with Gasteiger partial charge < -0.3 is 25.1 Å². The standard InChI is InChI=1S/C26H32N4O4S/c1-33-20-12-13-21(23(17-20)34-2)24(31)29-26-30(16-8-14-27)22(18-35-26)25(32)28-15-7-6-11-19-9-4-3-5-10-19/h3-5,9-10,12-13,17-18H,6-8,11,14-16,27H2,1-2H3,(H,28,32)/b29-26-. The van der Waals surface area contributed by atoms with Gasteiger partial charge in [0.2, 0.25) is 0 Å². The number of rotatable bonds is 12. The van der Waals surface area contributed by atoms with E-state index in [4.69, 9.17) is 15.2 Å². The molecule has 0 bridgehead atoms. The zero-order valence-corrected chi connectivity index (χ0v) is 21.0. The summed E-state index contributed by atoms with van der Waals surface area (Å²) in [5.41, 5.74) is 7.78. The summed E-state index contributed by atoms with van der Waals surface area (Å²) in [5.74, 6) is 0.307. The van der Waals surface area contributed by atoms with Crippen LogP contribution in [0.25, 0.3) is 0 Å². The number of thiazole rings is 1. The number of ether oxygens (including phenoxy) is 2. The van der Waals surface area contributed by atoms with Gasteiger partial charge in [0.15, 0.2) is 4.80 Å². The number of carbonyl (C=O) groups excluding carboxylic acids is 2. The summed E-state index contributed by atoms with van der Waals surface area (Å²) in [6.07, 6.45) is 3.49. The van der Waals surface area contributed by atoms with E-state index >= 15 is 0 Å². The van der Waals surface area contributed by atoms with Gasteiger partial charge in [-0.1, -0.05) is 30.3 Å². The number of nitrogens with zero attached hydrogens (tertiary/aromatic N) is 2. The van der Waals surface area contributed by atoms with Gasteiger partial charge >= 0.3 is 0 Å². The van der Waals surface area contributed by atoms with Crippen LogP contribution in [0.4, 0.5) is 0 Å². The van der Waals surface area contributed by atoms with E-state index < -0.39 is 5.91 Å². The predicted octanol–water partition coefficient (Wildman–Crippen LogP) is 3.41. The minimum absolute atomic E-state index is 0.186. The molecule has 0 fully saturated rings. The molecule has 1 aromatic heterocycles. The first-order valence-electron chi connectivity index (χ1n) is 11.6. The van der Waals surface area contributed by atoms with Gasteiger partial charge in [0.05, 0.1) is 19.8 Å². The molecule has 3 N–H and O–H groups in total. The number of carbonyl (C=O) groups is 2. The van der Waals surface area contributed by atoms with Crippen molar-refractivity contribution in [3.05, 3.63) is 75.5 Å². The summed E-state index contributed by atoms with van der Waals surface area (Å²) in [7, 11) is 3.03. The Hall–Kier alpha value is -3.43. The lowest BCUT2D eigenvalue weighted by molar-refractivity contribution is 0.0939. The monoisotopic (exact) mass is 496 g/mol. The SMILES string of the molecule is COc1ccc(C(=O)/N=c2\scc(C(=O)NCCCCc3ccccc3)n2CCCN)c(OC)c1. The minimum atomic E-state index is -0.458. The second-order valence-electron chi connectivity index (χ2n) is 7.88. The number of hydrogen-bond donors (Lipinski definition) is 2. The van der Waals surface area contributed by atoms with Crippen LogP contribution in [0.3, 0.4) is 0 Å². The molecule has 0 saturated carbocycles. The third-order valence-corrected chi connectivity index (χ3v) is 6.34. The molecule has 0 radical (unpaired) electrons. The average Bonchev–Trinajstić information content (AvgIpc) is 3.29. The quantitative estimate of drug-likeness (QED) is 0.374. The normalized spacial score (nSPS) is 11.3. The molecule has 3 aromatic rings. The van der Waals surface area contributed by atoms with Crippen molar-refractivity contribution in [2.45, 2.75) is 32.2 Å². The number of amides is 2. The lowest BCUT2D eigenvalue weighted by atomic mass is 10.1. The van der Waals surface area contributed by atoms with Crippen LogP contribution in [0.5, 0.6) is 11.5 Å². The third kappa shape index (κ3) is 7.27. The number of hydrogen-bond acceptors (Lipinski definition) is 6. The summed E-state index contributed by atoms with van der Waals surface area (Å²) in [4.78, 5) is 30.6. The summed E-state index contributed by atoms with van der Waals surface area (Å²) >= 11 is 1.25. The van der Waals surface area contributed by atoms with Gasteiger partial charge in [-0.25, -0.2) is 0 Å². The molecule has 0 aliphatic heterocycles. The molecular formula is C26H32N4O4S. The van der Waals surface area contributed by atoms with Gasteiger partial charge in [0.1, 0.15) is 17.2 Å². The van der Waals surface area contributed by atoms with E-state index in [9.17, 15) is 9.59 Å². The lowest BCUT2D eigenvalue weighted by Crippen LogP contribution is -2.30. The van der Waals surface area contributed by atoms with Crippen LogP contribution in [0.1, 0.15) is 45.7 Å². The fourth-order valence-electron chi connectivity index (χ4n) is 3.58. The van der Waals surface area contributed by atoms with Crippen molar-refractivity contribution in [2.75, 3.05) is 27.3 Å². The molecular weight excluding hydrogens is 464 g/mol. The molecule has 0 aliphatic carbocycles. The first kappa shape index (κ1) is 26.2. The van der Waals surface area contributed by atoms with E-state index in [1.54, 1.807) is 35.3 Å². The highest BCUT2D eigenvalue weighted by atomic mass is 32.1. The van der Waals surface area contributed by atoms with Crippen LogP contribution in [0.15, 0.2) is 58.9 Å². The molecule has 0 aliphatic rings. The molecule has 0 atom stereocenters. The van der Waals surface area contributed by atoms with Crippen molar-refractivity contribution >= 4 is 23.2 Å². The smallest absolute Gasteiger partial charge is 0.283 e. The largest absolute Gasteiger partial charge is 0.497 e. The number of aromatic nitrogens is 1. The Labute approximate surface area is 209 Å². The fraction of sp³-hybridized carbons (Fsp3) is 0.346. The summed E-state index contributed by atoms with van der Waals surface area (Å²) in [5, 5.41) is 4.72. The molecule has 1 heterocycles. The molecule has 186 valence electrons. The van der Waals surface area contributed by atoms with E-state index in [1.807, 2.05) is 18.2 Å². The zero-order valence-electron chi connectivity index (χ0n) is 20.2. The molecule has 9 heteroatoms. The Balaban J connectivity index is 1.71. The second kappa shape index (κ2) is 13.5. The van der Waals surface area contributed by atoms with Gasteiger partial charge in [-0.2, -0.15) is 4.99 Å². The van der Waals surface area contributed by atoms with Crippen LogP contribution >= 0.6 is 11.3 Å². The van der Waals surface area contributed by atoms with Crippen LogP contribution in [-0.4, -0.2) is 43.7 Å². The van der Waals surface area contributed by atoms with E-state index in [-0.39, 0.29) is 5.91 Å². The number of nitrogens with two attached hydrogens (primary N) is 1. The first-order valence-corrected chi connectivity index (χ1v) is 12.5. The van der Waals surface area contributed by atoms with E-state index in [0.717, 1.165) is 19.3 Å². The minimum Gasteiger partial charge on any atom is -0.497 e. The number of benzene rings is 2. The predicted molar refractivity (Wildman–Crippen MR) is 137 cm³/mol. The van der Waals surface area contributed by atoms with Gasteiger partial charge in [0, 0.05) is 24.5 Å². The Morgan fingerprint density at radius 1 is 1.06 bits per heavy atom. The molecule has 0 saturated heterocycles. The molecule has 35 heavy (non-hydrogen) atoms. The molecule has 3 rings (SSSR count). The fourth-order valence-corrected chi connectivity index (χ4v) is 4.48. The Morgan fingerprint density at radius 2 is 1.86 bits per heavy atom. The van der Waals surface area contributed by atoms with E-state index in [2.05, 4.69) is 22.4 Å². The van der Waals surface area contributed by atoms with Crippen molar-refractivity contribution < 1.29 is 19.1 Å². The number of unbranched alkanes of at least 4 members (excludes halogenated alkanes) is 1. The van der Waals surface area contributed by atoms with Crippen LogP contribution in [-0.2, 0) is 13.0 Å². The zero-order chi connectivity index (χ0) is 25.0. The number of methoxy groups -OCH3 is 2. The Morgan fingerprint density at radius 3 is 2.57 bits per heavy atom. The van der Waals surface area contributed by atoms with Gasteiger partial charge in [-0.3, -0.25) is 9.59 Å². The topological polar surface area (TPSA) is 108 Å². The molecule has 0 unspecified atom stereocenters. The highest BCUT2D eigenvalue weighted by molar-refractivity contribution is 7.07. The lowest BCUT2D eigenvalue weighted by Gasteiger charge is -2.10. The number of nitrogens with one attached hydrogen (secondary N) is 1. The first-order chi connectivity index (χ1) is 17.1. The maximum absolute atomic E-state index is 12.9. The number of aryl methyl sites for hydroxylation is 1. The Bertz CT molecular complexity index is 1190. The van der Waals surface area contributed by atoms with E-state index in [0.29, 0.717) is 53.6 Å². The van der Waals surface area contributed by atoms with Crippen LogP contribution in [0.2, 0.25) is 0 Å². The molecule has 0 spiro atoms. The maximum atomic E-state index is 12.9. The summed E-state index contributed by atoms with van der Waals surface area (Å²) < 4.78 is 12.3. The molecule has 8 nitrogen and oxygen atoms in total. The van der Waals surface area contributed by atoms with Gasteiger partial charge in [-0.05, 0) is 49.9 Å². The van der Waals surface area contributed by atoms with Crippen LogP contribution < -0.4 is 25.3 Å². The maximum Gasteiger partial charge on any atom is 0.283 e. The summed E-state index contributed by atoms with van der Waals surface area (Å²) in [6.45, 7) is 1.53. The van der Waals surface area contributed by atoms with Crippen molar-refractivity contribution in [3.63, 3.8) is 0 Å². The van der Waals surface area contributed by atoms with E-state index in [1.165, 1.54) is 24.0 Å². The molecule has 2 amide bonds.